The van der Waals surface area contributed by atoms with Crippen LogP contribution in [0.5, 0.6) is 0 Å². The fourth-order valence-corrected chi connectivity index (χ4v) is 5.68. The molecule has 4 rings (SSSR count). The highest BCUT2D eigenvalue weighted by Crippen LogP contribution is 2.31. The number of rotatable bonds is 5. The minimum atomic E-state index is -3.80. The molecule has 1 aliphatic heterocycles. The molecule has 1 aromatic heterocycles. The second-order valence-electron chi connectivity index (χ2n) is 7.77. The number of carbonyl (C=O) groups is 2. The van der Waals surface area contributed by atoms with Crippen LogP contribution >= 0.6 is 11.6 Å². The van der Waals surface area contributed by atoms with Crippen LogP contribution in [0.2, 0.25) is 5.02 Å². The van der Waals surface area contributed by atoms with E-state index in [4.69, 9.17) is 16.3 Å². The molecule has 9 heteroatoms. The summed E-state index contributed by atoms with van der Waals surface area (Å²) >= 11 is 5.91. The summed E-state index contributed by atoms with van der Waals surface area (Å²) in [4.78, 5) is 26.7. The van der Waals surface area contributed by atoms with Gasteiger partial charge in [0, 0.05) is 35.2 Å². The van der Waals surface area contributed by atoms with E-state index in [1.165, 1.54) is 37.6 Å². The Balaban J connectivity index is 1.60. The van der Waals surface area contributed by atoms with E-state index in [2.05, 4.69) is 0 Å². The van der Waals surface area contributed by atoms with Gasteiger partial charge < -0.3 is 14.2 Å². The van der Waals surface area contributed by atoms with Crippen LogP contribution in [0.3, 0.4) is 0 Å². The summed E-state index contributed by atoms with van der Waals surface area (Å²) in [5, 5.41) is 1.01. The normalized spacial score (nSPS) is 15.1. The lowest BCUT2D eigenvalue weighted by atomic mass is 9.97. The van der Waals surface area contributed by atoms with Crippen LogP contribution in [0.15, 0.2) is 64.5 Å². The van der Waals surface area contributed by atoms with Gasteiger partial charge in [-0.05, 0) is 43.2 Å². The van der Waals surface area contributed by atoms with Gasteiger partial charge in [0.2, 0.25) is 15.7 Å². The quantitative estimate of drug-likeness (QED) is 0.528. The average Bonchev–Trinajstić information content (AvgIpc) is 3.18. The van der Waals surface area contributed by atoms with Gasteiger partial charge in [0.1, 0.15) is 6.54 Å². The zero-order valence-corrected chi connectivity index (χ0v) is 19.1. The largest absolute Gasteiger partial charge is 0.469 e. The number of amides is 1. The molecule has 2 aromatic carbocycles. The highest BCUT2D eigenvalue weighted by atomic mass is 35.5. The molecular weight excluding hydrogens is 452 g/mol. The summed E-state index contributed by atoms with van der Waals surface area (Å²) in [6.07, 6.45) is 2.63. The molecule has 0 bridgehead atoms. The van der Waals surface area contributed by atoms with Gasteiger partial charge in [-0.1, -0.05) is 29.8 Å². The van der Waals surface area contributed by atoms with Crippen LogP contribution in [0.25, 0.3) is 10.9 Å². The van der Waals surface area contributed by atoms with Gasteiger partial charge in [0.05, 0.1) is 22.8 Å². The molecule has 0 unspecified atom stereocenters. The predicted molar refractivity (Wildman–Crippen MR) is 120 cm³/mol. The maximum atomic E-state index is 13.3. The van der Waals surface area contributed by atoms with Crippen molar-refractivity contribution in [3.63, 3.8) is 0 Å². The van der Waals surface area contributed by atoms with E-state index in [0.29, 0.717) is 41.9 Å². The third kappa shape index (κ3) is 4.25. The van der Waals surface area contributed by atoms with Gasteiger partial charge in [-0.2, -0.15) is 0 Å². The second-order valence-corrected chi connectivity index (χ2v) is 10.1. The Hall–Kier alpha value is -2.84. The average molecular weight is 475 g/mol. The van der Waals surface area contributed by atoms with Gasteiger partial charge >= 0.3 is 5.97 Å². The lowest BCUT2D eigenvalue weighted by Crippen LogP contribution is -2.41. The topological polar surface area (TPSA) is 85.7 Å². The van der Waals surface area contributed by atoms with Crippen molar-refractivity contribution < 1.29 is 22.7 Å². The van der Waals surface area contributed by atoms with Crippen LogP contribution < -0.4 is 0 Å². The number of sulfone groups is 1. The SMILES string of the molecule is COC(=O)C1CCN(C(=O)Cn2cc(S(=O)(=O)c3ccc(Cl)cc3)c3ccccc32)CC1. The summed E-state index contributed by atoms with van der Waals surface area (Å²) < 4.78 is 33.1. The minimum absolute atomic E-state index is 0.0134. The van der Waals surface area contributed by atoms with Crippen LogP contribution in [0.1, 0.15) is 12.8 Å². The molecule has 0 saturated carbocycles. The number of aromatic nitrogens is 1. The third-order valence-electron chi connectivity index (χ3n) is 5.85. The second kappa shape index (κ2) is 8.96. The zero-order valence-electron chi connectivity index (χ0n) is 17.5. The Morgan fingerprint density at radius 3 is 2.38 bits per heavy atom. The van der Waals surface area contributed by atoms with Crippen LogP contribution in [0.4, 0.5) is 0 Å². The lowest BCUT2D eigenvalue weighted by Gasteiger charge is -2.30. The summed E-state index contributed by atoms with van der Waals surface area (Å²) in [6.45, 7) is 0.945. The summed E-state index contributed by atoms with van der Waals surface area (Å²) in [7, 11) is -2.43. The molecule has 0 aliphatic carbocycles. The van der Waals surface area contributed by atoms with Crippen molar-refractivity contribution >= 4 is 44.2 Å². The first-order chi connectivity index (χ1) is 15.3. The zero-order chi connectivity index (χ0) is 22.9. The van der Waals surface area contributed by atoms with Gasteiger partial charge in [-0.15, -0.1) is 0 Å². The van der Waals surface area contributed by atoms with Crippen molar-refractivity contribution in [2.45, 2.75) is 29.2 Å². The number of benzene rings is 2. The summed E-state index contributed by atoms with van der Waals surface area (Å²) in [5.74, 6) is -0.553. The number of fused-ring (bicyclic) bond motifs is 1. The molecule has 2 heterocycles. The number of likely N-dealkylation sites (tertiary alicyclic amines) is 1. The summed E-state index contributed by atoms with van der Waals surface area (Å²) in [5.41, 5.74) is 0.665. The highest BCUT2D eigenvalue weighted by molar-refractivity contribution is 7.91. The van der Waals surface area contributed by atoms with Crippen LogP contribution in [-0.4, -0.2) is 50.0 Å². The Morgan fingerprint density at radius 1 is 1.06 bits per heavy atom. The molecule has 1 aliphatic rings. The third-order valence-corrected chi connectivity index (χ3v) is 7.90. The van der Waals surface area contributed by atoms with E-state index in [9.17, 15) is 18.0 Å². The first-order valence-corrected chi connectivity index (χ1v) is 12.1. The molecule has 0 radical (unpaired) electrons. The molecule has 3 aromatic rings. The number of hydrogen-bond donors (Lipinski definition) is 0. The van der Waals surface area contributed by atoms with Crippen LogP contribution in [-0.2, 0) is 30.7 Å². The van der Waals surface area contributed by atoms with E-state index in [-0.39, 0.29) is 34.1 Å². The number of carbonyl (C=O) groups excluding carboxylic acids is 2. The Labute approximate surface area is 191 Å². The van der Waals surface area contributed by atoms with E-state index in [1.807, 2.05) is 6.07 Å². The molecule has 0 spiro atoms. The predicted octanol–water partition coefficient (Wildman–Crippen LogP) is 3.54. The van der Waals surface area contributed by atoms with E-state index in [1.54, 1.807) is 27.7 Å². The van der Waals surface area contributed by atoms with Crippen molar-refractivity contribution in [3.05, 3.63) is 59.8 Å². The molecule has 0 N–H and O–H groups in total. The number of hydrogen-bond acceptors (Lipinski definition) is 5. The molecule has 168 valence electrons. The van der Waals surface area contributed by atoms with Crippen molar-refractivity contribution in [1.29, 1.82) is 0 Å². The number of esters is 1. The van der Waals surface area contributed by atoms with Gasteiger partial charge in [-0.25, -0.2) is 8.42 Å². The molecule has 1 amide bonds. The number of methoxy groups -OCH3 is 1. The fraction of sp³-hybridized carbons (Fsp3) is 0.304. The molecule has 1 fully saturated rings. The van der Waals surface area contributed by atoms with Crippen LogP contribution in [0, 0.1) is 5.92 Å². The minimum Gasteiger partial charge on any atom is -0.469 e. The first-order valence-electron chi connectivity index (χ1n) is 10.3. The Kier molecular flexibility index (Phi) is 6.26. The maximum absolute atomic E-state index is 13.3. The smallest absolute Gasteiger partial charge is 0.308 e. The van der Waals surface area contributed by atoms with Crippen molar-refractivity contribution in [2.24, 2.45) is 5.92 Å². The number of ether oxygens (including phenoxy) is 1. The standard InChI is InChI=1S/C23H23ClN2O5S/c1-31-23(28)16-10-12-25(13-11-16)22(27)15-26-14-21(19-4-2-3-5-20(19)26)32(29,30)18-8-6-17(24)7-9-18/h2-9,14,16H,10-13,15H2,1H3. The Bertz CT molecular complexity index is 1260. The van der Waals surface area contributed by atoms with Crippen molar-refractivity contribution in [1.82, 2.24) is 9.47 Å². The van der Waals surface area contributed by atoms with Gasteiger partial charge in [0.15, 0.2) is 0 Å². The van der Waals surface area contributed by atoms with E-state index < -0.39 is 9.84 Å². The molecule has 32 heavy (non-hydrogen) atoms. The van der Waals surface area contributed by atoms with Crippen molar-refractivity contribution in [2.75, 3.05) is 20.2 Å². The highest BCUT2D eigenvalue weighted by Gasteiger charge is 2.29. The van der Waals surface area contributed by atoms with Crippen molar-refractivity contribution in [3.8, 4) is 0 Å². The number of halogens is 1. The summed E-state index contributed by atoms with van der Waals surface area (Å²) in [6, 6.07) is 13.1. The first kappa shape index (κ1) is 22.4. The fourth-order valence-electron chi connectivity index (χ4n) is 4.08. The maximum Gasteiger partial charge on any atom is 0.308 e. The van der Waals surface area contributed by atoms with E-state index >= 15 is 0 Å². The number of nitrogens with zero attached hydrogens (tertiary/aromatic N) is 2. The van der Waals surface area contributed by atoms with E-state index in [0.717, 1.165) is 0 Å². The molecule has 1 saturated heterocycles. The molecule has 7 nitrogen and oxygen atoms in total. The Morgan fingerprint density at radius 2 is 1.72 bits per heavy atom. The number of piperidine rings is 1. The molecule has 0 atom stereocenters. The molecular formula is C23H23ClN2O5S. The monoisotopic (exact) mass is 474 g/mol. The lowest BCUT2D eigenvalue weighted by molar-refractivity contribution is -0.149. The number of para-hydroxylation sites is 1. The van der Waals surface area contributed by atoms with Gasteiger partial charge in [0.25, 0.3) is 0 Å². The van der Waals surface area contributed by atoms with Gasteiger partial charge in [-0.3, -0.25) is 9.59 Å².